The van der Waals surface area contributed by atoms with Gasteiger partial charge < -0.3 is 14.5 Å². The maximum absolute atomic E-state index is 13.4. The van der Waals surface area contributed by atoms with Crippen molar-refractivity contribution < 1.29 is 23.5 Å². The van der Waals surface area contributed by atoms with Crippen LogP contribution in [0.2, 0.25) is 0 Å². The van der Waals surface area contributed by atoms with Gasteiger partial charge >= 0.3 is 6.03 Å². The summed E-state index contributed by atoms with van der Waals surface area (Å²) in [6, 6.07) is 3.67. The van der Waals surface area contributed by atoms with Crippen molar-refractivity contribution >= 4 is 23.7 Å². The Morgan fingerprint density at radius 2 is 1.81 bits per heavy atom. The smallest absolute Gasteiger partial charge is 0.328 e. The first-order valence-electron chi connectivity index (χ1n) is 9.94. The summed E-state index contributed by atoms with van der Waals surface area (Å²) in [6.45, 7) is 4.46. The van der Waals surface area contributed by atoms with E-state index >= 15 is 0 Å². The number of Topliss-reactive ketones (excluding diaryl/α,β-unsaturated/α-hetero) is 1. The molecule has 164 valence electrons. The van der Waals surface area contributed by atoms with Crippen LogP contribution in [-0.4, -0.2) is 89.3 Å². The van der Waals surface area contributed by atoms with Crippen LogP contribution in [0.4, 0.5) is 9.18 Å². The summed E-state index contributed by atoms with van der Waals surface area (Å²) < 4.78 is 18.3. The Kier molecular flexibility index (Phi) is 5.26. The van der Waals surface area contributed by atoms with Gasteiger partial charge in [0.1, 0.15) is 5.82 Å². The van der Waals surface area contributed by atoms with Gasteiger partial charge in [0.15, 0.2) is 18.0 Å². The second kappa shape index (κ2) is 7.77. The SMILES string of the molecule is COCCN1C2=NC3C(C(=O)N(CC(=O)c4ccc(F)cc4)C(=O)N3C)N2C(C)=C1C. The second-order valence-corrected chi connectivity index (χ2v) is 7.72. The first-order valence-corrected chi connectivity index (χ1v) is 9.94. The molecule has 3 amide bonds. The number of hydrogen-bond acceptors (Lipinski definition) is 7. The highest BCUT2D eigenvalue weighted by atomic mass is 19.1. The molecule has 1 fully saturated rings. The van der Waals surface area contributed by atoms with Gasteiger partial charge in [-0.1, -0.05) is 0 Å². The van der Waals surface area contributed by atoms with Gasteiger partial charge in [0.05, 0.1) is 13.2 Å². The summed E-state index contributed by atoms with van der Waals surface area (Å²) in [4.78, 5) is 49.8. The van der Waals surface area contributed by atoms with E-state index in [1.165, 1.54) is 29.2 Å². The number of halogens is 1. The lowest BCUT2D eigenvalue weighted by atomic mass is 10.1. The number of hydrogen-bond donors (Lipinski definition) is 0. The number of fused-ring (bicyclic) bond motifs is 3. The number of ketones is 1. The van der Waals surface area contributed by atoms with Gasteiger partial charge in [-0.05, 0) is 38.1 Å². The van der Waals surface area contributed by atoms with E-state index in [2.05, 4.69) is 4.99 Å². The van der Waals surface area contributed by atoms with Crippen LogP contribution < -0.4 is 0 Å². The Bertz CT molecular complexity index is 1010. The molecule has 2 unspecified atom stereocenters. The van der Waals surface area contributed by atoms with E-state index < -0.39 is 42.3 Å². The Morgan fingerprint density at radius 3 is 2.45 bits per heavy atom. The van der Waals surface area contributed by atoms with Crippen molar-refractivity contribution in [3.63, 3.8) is 0 Å². The molecule has 2 atom stereocenters. The van der Waals surface area contributed by atoms with Crippen molar-refractivity contribution in [3.8, 4) is 0 Å². The molecule has 1 aromatic carbocycles. The van der Waals surface area contributed by atoms with Crippen molar-refractivity contribution in [2.75, 3.05) is 33.9 Å². The minimum absolute atomic E-state index is 0.231. The molecule has 0 aromatic heterocycles. The third-order valence-electron chi connectivity index (χ3n) is 5.99. The van der Waals surface area contributed by atoms with Crippen LogP contribution in [-0.2, 0) is 9.53 Å². The molecule has 1 aromatic rings. The Labute approximate surface area is 179 Å². The molecule has 9 nitrogen and oxygen atoms in total. The molecule has 0 spiro atoms. The molecule has 0 N–H and O–H groups in total. The summed E-state index contributed by atoms with van der Waals surface area (Å²) in [7, 11) is 3.18. The predicted molar refractivity (Wildman–Crippen MR) is 109 cm³/mol. The summed E-state index contributed by atoms with van der Waals surface area (Å²) in [5, 5.41) is 0. The average Bonchev–Trinajstić information content (AvgIpc) is 3.25. The molecule has 31 heavy (non-hydrogen) atoms. The zero-order valence-electron chi connectivity index (χ0n) is 17.8. The first-order chi connectivity index (χ1) is 14.8. The molecule has 0 radical (unpaired) electrons. The molecular formula is C21H24FN5O4. The number of carbonyl (C=O) groups is 3. The summed E-state index contributed by atoms with van der Waals surface area (Å²) in [6.07, 6.45) is -0.680. The van der Waals surface area contributed by atoms with Crippen LogP contribution in [0.5, 0.6) is 0 Å². The number of urea groups is 1. The van der Waals surface area contributed by atoms with Gasteiger partial charge in [-0.15, -0.1) is 0 Å². The van der Waals surface area contributed by atoms with Gasteiger partial charge in [0.25, 0.3) is 5.91 Å². The molecule has 10 heteroatoms. The maximum Gasteiger partial charge on any atom is 0.328 e. The predicted octanol–water partition coefficient (Wildman–Crippen LogP) is 1.48. The highest BCUT2D eigenvalue weighted by Crippen LogP contribution is 2.37. The Morgan fingerprint density at radius 1 is 1.13 bits per heavy atom. The average molecular weight is 429 g/mol. The molecule has 4 rings (SSSR count). The topological polar surface area (TPSA) is 85.8 Å². The molecule has 0 bridgehead atoms. The van der Waals surface area contributed by atoms with E-state index in [-0.39, 0.29) is 5.56 Å². The van der Waals surface area contributed by atoms with Crippen LogP contribution in [0, 0.1) is 5.82 Å². The number of methoxy groups -OCH3 is 1. The Hall–Kier alpha value is -3.27. The van der Waals surface area contributed by atoms with E-state index in [4.69, 9.17) is 4.74 Å². The normalized spacial score (nSPS) is 22.9. The monoisotopic (exact) mass is 429 g/mol. The number of amides is 3. The van der Waals surface area contributed by atoms with Crippen molar-refractivity contribution in [3.05, 3.63) is 47.0 Å². The highest BCUT2D eigenvalue weighted by Gasteiger charge is 2.55. The van der Waals surface area contributed by atoms with E-state index in [1.807, 2.05) is 23.6 Å². The number of rotatable bonds is 6. The summed E-state index contributed by atoms with van der Waals surface area (Å²) in [5.74, 6) is -0.798. The number of guanidine groups is 1. The lowest BCUT2D eigenvalue weighted by Crippen LogP contribution is -2.65. The summed E-state index contributed by atoms with van der Waals surface area (Å²) >= 11 is 0. The van der Waals surface area contributed by atoms with Gasteiger partial charge in [-0.3, -0.25) is 19.4 Å². The van der Waals surface area contributed by atoms with Crippen molar-refractivity contribution in [1.29, 1.82) is 0 Å². The number of aliphatic imine (C=N–C) groups is 1. The van der Waals surface area contributed by atoms with Crippen molar-refractivity contribution in [2.24, 2.45) is 4.99 Å². The van der Waals surface area contributed by atoms with Crippen LogP contribution >= 0.6 is 0 Å². The molecule has 0 aliphatic carbocycles. The van der Waals surface area contributed by atoms with E-state index in [1.54, 1.807) is 14.2 Å². The van der Waals surface area contributed by atoms with E-state index in [0.29, 0.717) is 19.1 Å². The van der Waals surface area contributed by atoms with E-state index in [0.717, 1.165) is 16.3 Å². The number of carbonyl (C=O) groups excluding carboxylic acids is 3. The zero-order chi connectivity index (χ0) is 22.4. The molecule has 1 saturated heterocycles. The third kappa shape index (κ3) is 3.27. The quantitative estimate of drug-likeness (QED) is 0.637. The number of likely N-dealkylation sites (N-methyl/N-ethyl adjacent to an activating group) is 1. The lowest BCUT2D eigenvalue weighted by molar-refractivity contribution is -0.136. The molecule has 3 aliphatic heterocycles. The summed E-state index contributed by atoms with van der Waals surface area (Å²) in [5.41, 5.74) is 2.05. The Balaban J connectivity index is 1.61. The number of nitrogens with zero attached hydrogens (tertiary/aromatic N) is 5. The fraction of sp³-hybridized carbons (Fsp3) is 0.429. The van der Waals surface area contributed by atoms with Crippen LogP contribution in [0.3, 0.4) is 0 Å². The number of benzene rings is 1. The third-order valence-corrected chi connectivity index (χ3v) is 5.99. The molecule has 0 saturated carbocycles. The van der Waals surface area contributed by atoms with Crippen LogP contribution in [0.25, 0.3) is 0 Å². The first kappa shape index (κ1) is 21.0. The maximum atomic E-state index is 13.4. The van der Waals surface area contributed by atoms with Crippen molar-refractivity contribution in [1.82, 2.24) is 19.6 Å². The number of allylic oxidation sites excluding steroid dienone is 2. The second-order valence-electron chi connectivity index (χ2n) is 7.72. The van der Waals surface area contributed by atoms with Crippen LogP contribution in [0.15, 0.2) is 40.7 Å². The van der Waals surface area contributed by atoms with Crippen molar-refractivity contribution in [2.45, 2.75) is 26.1 Å². The van der Waals surface area contributed by atoms with Gasteiger partial charge in [0, 0.05) is 37.7 Å². The molecule has 3 aliphatic rings. The highest BCUT2D eigenvalue weighted by molar-refractivity contribution is 6.09. The minimum atomic E-state index is -0.749. The molecular weight excluding hydrogens is 405 g/mol. The minimum Gasteiger partial charge on any atom is -0.383 e. The number of imide groups is 1. The molecule has 3 heterocycles. The fourth-order valence-corrected chi connectivity index (χ4v) is 4.15. The largest absolute Gasteiger partial charge is 0.383 e. The van der Waals surface area contributed by atoms with Gasteiger partial charge in [-0.25, -0.2) is 14.2 Å². The standard InChI is InChI=1S/C21H24FN5O4/c1-12-13(2)27-17-18(23-20(27)25(12)9-10-31-4)24(3)21(30)26(19(17)29)11-16(28)14-5-7-15(22)8-6-14/h5-8,17-18H,9-11H2,1-4H3. The van der Waals surface area contributed by atoms with Crippen LogP contribution in [0.1, 0.15) is 24.2 Å². The number of ether oxygens (including phenoxy) is 1. The zero-order valence-corrected chi connectivity index (χ0v) is 17.8. The van der Waals surface area contributed by atoms with Gasteiger partial charge in [-0.2, -0.15) is 0 Å². The fourth-order valence-electron chi connectivity index (χ4n) is 4.15. The van der Waals surface area contributed by atoms with Gasteiger partial charge in [0.2, 0.25) is 5.96 Å². The van der Waals surface area contributed by atoms with E-state index in [9.17, 15) is 18.8 Å². The lowest BCUT2D eigenvalue weighted by Gasteiger charge is -2.40.